The summed E-state index contributed by atoms with van der Waals surface area (Å²) in [7, 11) is 0. The Hall–Kier alpha value is -1.72. The molecule has 0 saturated carbocycles. The number of rotatable bonds is 1. The number of aryl methyl sites for hydroxylation is 1. The summed E-state index contributed by atoms with van der Waals surface area (Å²) in [6.07, 6.45) is 1.66. The Bertz CT molecular complexity index is 817. The fourth-order valence-corrected chi connectivity index (χ4v) is 2.56. The van der Waals surface area contributed by atoms with Crippen LogP contribution >= 0.6 is 23.8 Å². The van der Waals surface area contributed by atoms with E-state index in [2.05, 4.69) is 9.97 Å². The monoisotopic (exact) mass is 293 g/mol. The van der Waals surface area contributed by atoms with Crippen LogP contribution in [0.5, 0.6) is 0 Å². The van der Waals surface area contributed by atoms with Crippen molar-refractivity contribution in [2.75, 3.05) is 0 Å². The van der Waals surface area contributed by atoms with Crippen molar-refractivity contribution in [3.8, 4) is 5.69 Å². The number of H-pyrrole nitrogens is 1. The Morgan fingerprint density at radius 1 is 1.37 bits per heavy atom. The van der Waals surface area contributed by atoms with Crippen LogP contribution < -0.4 is 0 Å². The van der Waals surface area contributed by atoms with Crippen LogP contribution in [0.1, 0.15) is 5.56 Å². The van der Waals surface area contributed by atoms with Gasteiger partial charge in [-0.25, -0.2) is 9.37 Å². The zero-order valence-corrected chi connectivity index (χ0v) is 11.5. The summed E-state index contributed by atoms with van der Waals surface area (Å²) in [5.41, 5.74) is 2.56. The van der Waals surface area contributed by atoms with E-state index in [1.165, 1.54) is 10.6 Å². The first-order valence-corrected chi connectivity index (χ1v) is 6.39. The van der Waals surface area contributed by atoms with E-state index in [4.69, 9.17) is 23.8 Å². The zero-order chi connectivity index (χ0) is 13.6. The first-order chi connectivity index (χ1) is 9.09. The molecule has 2 aromatic heterocycles. The van der Waals surface area contributed by atoms with Crippen LogP contribution in [0.15, 0.2) is 30.5 Å². The number of aromatic amines is 1. The number of hydrogen-bond donors (Lipinski definition) is 1. The maximum atomic E-state index is 14.0. The van der Waals surface area contributed by atoms with Crippen molar-refractivity contribution in [3.05, 3.63) is 51.6 Å². The van der Waals surface area contributed by atoms with Gasteiger partial charge in [0.2, 0.25) is 0 Å². The van der Waals surface area contributed by atoms with E-state index in [0.29, 0.717) is 15.4 Å². The summed E-state index contributed by atoms with van der Waals surface area (Å²) >= 11 is 11.3. The molecule has 0 unspecified atom stereocenters. The van der Waals surface area contributed by atoms with Gasteiger partial charge in [0.25, 0.3) is 0 Å². The van der Waals surface area contributed by atoms with Crippen molar-refractivity contribution >= 4 is 35.0 Å². The lowest BCUT2D eigenvalue weighted by Gasteiger charge is -2.07. The average Bonchev–Trinajstić information content (AvgIpc) is 2.68. The Morgan fingerprint density at radius 2 is 2.16 bits per heavy atom. The van der Waals surface area contributed by atoms with Crippen LogP contribution in [0.2, 0.25) is 5.02 Å². The van der Waals surface area contributed by atoms with Gasteiger partial charge in [0.1, 0.15) is 11.5 Å². The minimum Gasteiger partial charge on any atom is -0.329 e. The van der Waals surface area contributed by atoms with E-state index in [-0.39, 0.29) is 5.69 Å². The molecule has 3 rings (SSSR count). The summed E-state index contributed by atoms with van der Waals surface area (Å²) in [6.45, 7) is 1.93. The molecule has 3 nitrogen and oxygen atoms in total. The predicted octanol–water partition coefficient (Wildman–Crippen LogP) is 4.18. The van der Waals surface area contributed by atoms with E-state index in [0.717, 1.165) is 11.1 Å². The van der Waals surface area contributed by atoms with Crippen LogP contribution in [0.4, 0.5) is 4.39 Å². The summed E-state index contributed by atoms with van der Waals surface area (Å²) in [5, 5.41) is 0.292. The van der Waals surface area contributed by atoms with Crippen molar-refractivity contribution in [1.82, 2.24) is 14.5 Å². The Balaban J connectivity index is 2.47. The third-order valence-corrected chi connectivity index (χ3v) is 3.54. The first-order valence-electron chi connectivity index (χ1n) is 5.60. The molecule has 0 fully saturated rings. The number of aromatic nitrogens is 3. The normalized spacial score (nSPS) is 11.1. The molecule has 0 amide bonds. The highest BCUT2D eigenvalue weighted by Gasteiger charge is 2.15. The second-order valence-electron chi connectivity index (χ2n) is 4.16. The van der Waals surface area contributed by atoms with E-state index in [9.17, 15) is 4.39 Å². The molecule has 0 bridgehead atoms. The number of imidazole rings is 1. The SMILES string of the molecule is Cc1ccnc2c1[nH]c(=S)n2-c1c(F)cccc1Cl. The number of para-hydroxylation sites is 1. The van der Waals surface area contributed by atoms with Crippen LogP contribution in [0.3, 0.4) is 0 Å². The molecule has 3 aromatic rings. The van der Waals surface area contributed by atoms with Gasteiger partial charge in [0, 0.05) is 6.20 Å². The average molecular weight is 294 g/mol. The molecule has 19 heavy (non-hydrogen) atoms. The number of nitrogens with zero attached hydrogens (tertiary/aromatic N) is 2. The Morgan fingerprint density at radius 3 is 2.89 bits per heavy atom. The molecule has 6 heteroatoms. The second kappa shape index (κ2) is 4.43. The lowest BCUT2D eigenvalue weighted by molar-refractivity contribution is 0.618. The first kappa shape index (κ1) is 12.3. The predicted molar refractivity (Wildman–Crippen MR) is 76.0 cm³/mol. The molecule has 2 heterocycles. The van der Waals surface area contributed by atoms with Crippen molar-refractivity contribution in [2.24, 2.45) is 0 Å². The third-order valence-electron chi connectivity index (χ3n) is 2.95. The van der Waals surface area contributed by atoms with Gasteiger partial charge in [-0.3, -0.25) is 4.57 Å². The number of nitrogens with one attached hydrogen (secondary N) is 1. The topological polar surface area (TPSA) is 33.6 Å². The number of pyridine rings is 1. The van der Waals surface area contributed by atoms with Gasteiger partial charge in [-0.2, -0.15) is 0 Å². The minimum absolute atomic E-state index is 0.221. The highest BCUT2D eigenvalue weighted by Crippen LogP contribution is 2.27. The van der Waals surface area contributed by atoms with Gasteiger partial charge < -0.3 is 4.98 Å². The van der Waals surface area contributed by atoms with Crippen LogP contribution in [-0.2, 0) is 0 Å². The molecule has 0 aliphatic rings. The molecule has 0 radical (unpaired) electrons. The number of fused-ring (bicyclic) bond motifs is 1. The zero-order valence-electron chi connectivity index (χ0n) is 9.95. The third kappa shape index (κ3) is 1.86. The maximum absolute atomic E-state index is 14.0. The molecular weight excluding hydrogens is 285 g/mol. The summed E-state index contributed by atoms with van der Waals surface area (Å²) in [5.74, 6) is -0.437. The smallest absolute Gasteiger partial charge is 0.184 e. The largest absolute Gasteiger partial charge is 0.329 e. The number of halogens is 2. The van der Waals surface area contributed by atoms with Crippen LogP contribution in [0.25, 0.3) is 16.9 Å². The van der Waals surface area contributed by atoms with E-state index >= 15 is 0 Å². The summed E-state index contributed by atoms with van der Waals surface area (Å²) in [6, 6.07) is 6.38. The molecule has 0 aliphatic carbocycles. The molecule has 1 aromatic carbocycles. The van der Waals surface area contributed by atoms with Crippen molar-refractivity contribution < 1.29 is 4.39 Å². The second-order valence-corrected chi connectivity index (χ2v) is 4.96. The Kier molecular flexibility index (Phi) is 2.88. The standard InChI is InChI=1S/C13H9ClFN3S/c1-7-5-6-16-12-10(7)17-13(19)18(12)11-8(14)3-2-4-9(11)15/h2-6H,1H3,(H,17,19). The molecule has 0 aliphatic heterocycles. The lowest BCUT2D eigenvalue weighted by Crippen LogP contribution is -2.00. The van der Waals surface area contributed by atoms with Crippen LogP contribution in [0, 0.1) is 17.5 Å². The van der Waals surface area contributed by atoms with Gasteiger partial charge in [-0.1, -0.05) is 17.7 Å². The van der Waals surface area contributed by atoms with E-state index < -0.39 is 5.82 Å². The van der Waals surface area contributed by atoms with Gasteiger partial charge in [0.15, 0.2) is 10.4 Å². The summed E-state index contributed by atoms with van der Waals surface area (Å²) < 4.78 is 15.9. The van der Waals surface area contributed by atoms with Crippen LogP contribution in [-0.4, -0.2) is 14.5 Å². The highest BCUT2D eigenvalue weighted by molar-refractivity contribution is 7.71. The van der Waals surface area contributed by atoms with Crippen molar-refractivity contribution in [2.45, 2.75) is 6.92 Å². The maximum Gasteiger partial charge on any atom is 0.184 e. The van der Waals surface area contributed by atoms with Gasteiger partial charge in [0.05, 0.1) is 10.5 Å². The van der Waals surface area contributed by atoms with Crippen molar-refractivity contribution in [1.29, 1.82) is 0 Å². The Labute approximate surface area is 118 Å². The molecule has 0 saturated heterocycles. The fourth-order valence-electron chi connectivity index (χ4n) is 2.04. The number of hydrogen-bond acceptors (Lipinski definition) is 2. The van der Waals surface area contributed by atoms with E-state index in [1.54, 1.807) is 18.3 Å². The molecule has 1 N–H and O–H groups in total. The number of benzene rings is 1. The minimum atomic E-state index is -0.437. The molecule has 0 atom stereocenters. The van der Waals surface area contributed by atoms with Gasteiger partial charge in [-0.15, -0.1) is 0 Å². The quantitative estimate of drug-likeness (QED) is 0.683. The molecular formula is C13H9ClFN3S. The fraction of sp³-hybridized carbons (Fsp3) is 0.0769. The van der Waals surface area contributed by atoms with Gasteiger partial charge in [-0.05, 0) is 42.9 Å². The lowest BCUT2D eigenvalue weighted by atomic mass is 10.2. The molecule has 96 valence electrons. The highest BCUT2D eigenvalue weighted by atomic mass is 35.5. The van der Waals surface area contributed by atoms with Crippen molar-refractivity contribution in [3.63, 3.8) is 0 Å². The summed E-state index contributed by atoms with van der Waals surface area (Å²) in [4.78, 5) is 7.30. The molecule has 0 spiro atoms. The van der Waals surface area contributed by atoms with E-state index in [1.807, 2.05) is 13.0 Å². The van der Waals surface area contributed by atoms with Gasteiger partial charge >= 0.3 is 0 Å².